The van der Waals surface area contributed by atoms with Gasteiger partial charge in [-0.3, -0.25) is 4.79 Å². The molecule has 42 heavy (non-hydrogen) atoms. The highest BCUT2D eigenvalue weighted by Gasteiger charge is 2.17. The summed E-state index contributed by atoms with van der Waals surface area (Å²) < 4.78 is 15.9. The molecule has 0 aliphatic carbocycles. The standard InChI is InChI=1S/C34H61NO7/c1-5-6-7-8-9-10-11-12-13-14-15-16-17-18-19-20-21-22-23-24-25-26-32(37)41-29-31(36)30-42-34(33(38)39)40-28-27-35(2,3)4/h11-12,14-15,17-18,31,34,36H,5-10,13,16,19-30H2,1-4H3/b12-11-,15-14-,18-17-. The Bertz CT molecular complexity index is 743. The lowest BCUT2D eigenvalue weighted by Gasteiger charge is -2.26. The van der Waals surface area contributed by atoms with E-state index in [1.807, 2.05) is 21.1 Å². The maximum Gasteiger partial charge on any atom is 0.305 e. The molecule has 0 saturated heterocycles. The summed E-state index contributed by atoms with van der Waals surface area (Å²) in [5, 5.41) is 21.1. The number of allylic oxidation sites excluding steroid dienone is 6. The first-order valence-corrected chi connectivity index (χ1v) is 16.2. The highest BCUT2D eigenvalue weighted by molar-refractivity contribution is 5.69. The van der Waals surface area contributed by atoms with Crippen LogP contribution in [0.25, 0.3) is 0 Å². The Balaban J connectivity index is 3.64. The number of likely N-dealkylation sites (N-methyl/N-ethyl adjacent to an activating group) is 1. The number of rotatable bonds is 29. The number of aliphatic hydroxyl groups is 1. The summed E-state index contributed by atoms with van der Waals surface area (Å²) in [4.78, 5) is 23.1. The summed E-state index contributed by atoms with van der Waals surface area (Å²) >= 11 is 0. The molecule has 0 aromatic rings. The van der Waals surface area contributed by atoms with Crippen molar-refractivity contribution < 1.29 is 38.5 Å². The average molecular weight is 596 g/mol. The van der Waals surface area contributed by atoms with Crippen molar-refractivity contribution in [3.05, 3.63) is 36.5 Å². The van der Waals surface area contributed by atoms with Gasteiger partial charge < -0.3 is 33.7 Å². The van der Waals surface area contributed by atoms with E-state index in [0.29, 0.717) is 17.4 Å². The predicted molar refractivity (Wildman–Crippen MR) is 168 cm³/mol. The van der Waals surface area contributed by atoms with Crippen molar-refractivity contribution in [2.45, 2.75) is 122 Å². The van der Waals surface area contributed by atoms with Crippen LogP contribution in [0.15, 0.2) is 36.5 Å². The first-order valence-electron chi connectivity index (χ1n) is 16.2. The Morgan fingerprint density at radius 1 is 0.738 bits per heavy atom. The number of carboxylic acids is 1. The van der Waals surface area contributed by atoms with E-state index in [0.717, 1.165) is 44.9 Å². The van der Waals surface area contributed by atoms with Gasteiger partial charge in [-0.05, 0) is 44.9 Å². The third-order valence-corrected chi connectivity index (χ3v) is 6.62. The van der Waals surface area contributed by atoms with Crippen LogP contribution in [0.4, 0.5) is 0 Å². The molecule has 0 aliphatic heterocycles. The van der Waals surface area contributed by atoms with Gasteiger partial charge in [0.1, 0.15) is 19.3 Å². The minimum atomic E-state index is -1.58. The molecular weight excluding hydrogens is 534 g/mol. The normalized spacial score (nSPS) is 13.8. The van der Waals surface area contributed by atoms with Gasteiger partial charge in [0, 0.05) is 6.42 Å². The minimum Gasteiger partial charge on any atom is -0.545 e. The van der Waals surface area contributed by atoms with Crippen LogP contribution in [0.1, 0.15) is 110 Å². The van der Waals surface area contributed by atoms with Crippen molar-refractivity contribution in [2.75, 3.05) is 47.5 Å². The molecule has 1 N–H and O–H groups in total. The lowest BCUT2D eigenvalue weighted by molar-refractivity contribution is -0.870. The number of hydrogen-bond acceptors (Lipinski definition) is 7. The van der Waals surface area contributed by atoms with Crippen molar-refractivity contribution in [1.82, 2.24) is 0 Å². The summed E-state index contributed by atoms with van der Waals surface area (Å²) in [6, 6.07) is 0. The largest absolute Gasteiger partial charge is 0.545 e. The molecule has 0 rings (SSSR count). The first-order chi connectivity index (χ1) is 20.2. The molecule has 0 amide bonds. The van der Waals surface area contributed by atoms with Gasteiger partial charge in [0.05, 0.1) is 40.3 Å². The van der Waals surface area contributed by atoms with Gasteiger partial charge >= 0.3 is 5.97 Å². The van der Waals surface area contributed by atoms with Crippen LogP contribution in [-0.2, 0) is 23.8 Å². The predicted octanol–water partition coefficient (Wildman–Crippen LogP) is 5.64. The Kier molecular flexibility index (Phi) is 26.5. The molecule has 0 aliphatic rings. The van der Waals surface area contributed by atoms with Gasteiger partial charge in [-0.1, -0.05) is 94.7 Å². The van der Waals surface area contributed by atoms with Crippen molar-refractivity contribution in [2.24, 2.45) is 0 Å². The van der Waals surface area contributed by atoms with E-state index in [-0.39, 0.29) is 25.8 Å². The zero-order valence-electron chi connectivity index (χ0n) is 27.1. The zero-order valence-corrected chi connectivity index (χ0v) is 27.1. The number of aliphatic hydroxyl groups excluding tert-OH is 1. The highest BCUT2D eigenvalue weighted by Crippen LogP contribution is 2.10. The molecule has 0 radical (unpaired) electrons. The molecule has 0 saturated carbocycles. The van der Waals surface area contributed by atoms with E-state index in [4.69, 9.17) is 14.2 Å². The number of hydrogen-bond donors (Lipinski definition) is 1. The fourth-order valence-corrected chi connectivity index (χ4v) is 4.01. The molecule has 2 atom stereocenters. The summed E-state index contributed by atoms with van der Waals surface area (Å²) in [5.74, 6) is -1.89. The van der Waals surface area contributed by atoms with Gasteiger partial charge in [-0.2, -0.15) is 0 Å². The second kappa shape index (κ2) is 27.8. The highest BCUT2D eigenvalue weighted by atomic mass is 16.7. The number of esters is 1. The number of aliphatic carboxylic acids is 1. The molecule has 0 bridgehead atoms. The fourth-order valence-electron chi connectivity index (χ4n) is 4.01. The molecule has 0 aromatic heterocycles. The number of unbranched alkanes of at least 4 members (excludes halogenated alkanes) is 11. The Labute approximate surface area is 256 Å². The smallest absolute Gasteiger partial charge is 0.305 e. The van der Waals surface area contributed by atoms with Crippen molar-refractivity contribution in [1.29, 1.82) is 0 Å². The van der Waals surface area contributed by atoms with E-state index >= 15 is 0 Å². The third-order valence-electron chi connectivity index (χ3n) is 6.62. The number of quaternary nitrogens is 1. The quantitative estimate of drug-likeness (QED) is 0.0393. The summed E-state index contributed by atoms with van der Waals surface area (Å²) in [6.45, 7) is 2.42. The zero-order chi connectivity index (χ0) is 31.3. The maximum atomic E-state index is 11.9. The Morgan fingerprint density at radius 2 is 1.26 bits per heavy atom. The Hall–Kier alpha value is -2.00. The van der Waals surface area contributed by atoms with Crippen LogP contribution in [-0.4, -0.2) is 81.4 Å². The van der Waals surface area contributed by atoms with Crippen LogP contribution in [0.3, 0.4) is 0 Å². The molecule has 0 fully saturated rings. The van der Waals surface area contributed by atoms with Crippen LogP contribution < -0.4 is 5.11 Å². The number of carbonyl (C=O) groups is 2. The van der Waals surface area contributed by atoms with Gasteiger partial charge in [0.15, 0.2) is 6.29 Å². The molecule has 0 spiro atoms. The summed E-state index contributed by atoms with van der Waals surface area (Å²) in [5.41, 5.74) is 0. The number of ether oxygens (including phenoxy) is 3. The van der Waals surface area contributed by atoms with Crippen LogP contribution >= 0.6 is 0 Å². The molecule has 0 aromatic carbocycles. The van der Waals surface area contributed by atoms with E-state index in [1.54, 1.807) is 0 Å². The van der Waals surface area contributed by atoms with E-state index < -0.39 is 18.4 Å². The van der Waals surface area contributed by atoms with E-state index in [2.05, 4.69) is 43.4 Å². The van der Waals surface area contributed by atoms with Crippen LogP contribution in [0.5, 0.6) is 0 Å². The second-order valence-electron chi connectivity index (χ2n) is 12.0. The van der Waals surface area contributed by atoms with Gasteiger partial charge in [0.2, 0.25) is 0 Å². The van der Waals surface area contributed by atoms with Crippen LogP contribution in [0.2, 0.25) is 0 Å². The second-order valence-corrected chi connectivity index (χ2v) is 12.0. The van der Waals surface area contributed by atoms with Crippen molar-refractivity contribution in [3.8, 4) is 0 Å². The van der Waals surface area contributed by atoms with Gasteiger partial charge in [-0.25, -0.2) is 0 Å². The van der Waals surface area contributed by atoms with Crippen molar-refractivity contribution in [3.63, 3.8) is 0 Å². The maximum absolute atomic E-state index is 11.9. The number of nitrogens with zero attached hydrogens (tertiary/aromatic N) is 1. The molecule has 8 heteroatoms. The summed E-state index contributed by atoms with van der Waals surface area (Å²) in [7, 11) is 5.86. The van der Waals surface area contributed by atoms with E-state index in [9.17, 15) is 19.8 Å². The van der Waals surface area contributed by atoms with Gasteiger partial charge in [-0.15, -0.1) is 0 Å². The molecular formula is C34H61NO7. The fraction of sp³-hybridized carbons (Fsp3) is 0.765. The lowest BCUT2D eigenvalue weighted by Crippen LogP contribution is -2.44. The molecule has 0 heterocycles. The molecule has 2 unspecified atom stereocenters. The van der Waals surface area contributed by atoms with E-state index in [1.165, 1.54) is 51.4 Å². The number of carbonyl (C=O) groups excluding carboxylic acids is 2. The lowest BCUT2D eigenvalue weighted by atomic mass is 10.1. The first kappa shape index (κ1) is 40.0. The van der Waals surface area contributed by atoms with Crippen LogP contribution in [0, 0.1) is 0 Å². The average Bonchev–Trinajstić information content (AvgIpc) is 2.93. The van der Waals surface area contributed by atoms with Gasteiger partial charge in [0.25, 0.3) is 0 Å². The summed E-state index contributed by atoms with van der Waals surface area (Å²) in [6.07, 6.45) is 28.5. The SMILES string of the molecule is CCCCCCC/C=C\C/C=C\C/C=C\CCCCCCCCC(=O)OCC(O)COC(OCC[N+](C)(C)C)C(=O)[O-]. The topological polar surface area (TPSA) is 105 Å². The van der Waals surface area contributed by atoms with Crippen molar-refractivity contribution >= 4 is 11.9 Å². The minimum absolute atomic E-state index is 0.167. The number of carboxylic acid groups (broad SMARTS) is 1. The third kappa shape index (κ3) is 29.5. The monoisotopic (exact) mass is 595 g/mol. The molecule has 8 nitrogen and oxygen atoms in total. The molecule has 244 valence electrons. The Morgan fingerprint density at radius 3 is 1.81 bits per heavy atom.